The highest BCUT2D eigenvalue weighted by molar-refractivity contribution is 7.13. The molecule has 2 aliphatic rings. The molecule has 5 heteroatoms. The van der Waals surface area contributed by atoms with Crippen LogP contribution in [-0.4, -0.2) is 24.0 Å². The lowest BCUT2D eigenvalue weighted by atomic mass is 9.67. The maximum Gasteiger partial charge on any atom is 0.232 e. The molecule has 1 amide bonds. The Labute approximate surface area is 140 Å². The molecule has 1 aromatic carbocycles. The first-order valence-electron chi connectivity index (χ1n) is 8.30. The van der Waals surface area contributed by atoms with Gasteiger partial charge in [0.05, 0.1) is 5.41 Å². The van der Waals surface area contributed by atoms with Crippen molar-refractivity contribution in [1.29, 1.82) is 0 Å². The lowest BCUT2D eigenvalue weighted by molar-refractivity contribution is -0.128. The summed E-state index contributed by atoms with van der Waals surface area (Å²) in [7, 11) is 0. The maximum absolute atomic E-state index is 13.0. The highest BCUT2D eigenvalue weighted by Gasteiger charge is 2.49. The van der Waals surface area contributed by atoms with Gasteiger partial charge >= 0.3 is 0 Å². The van der Waals surface area contributed by atoms with Gasteiger partial charge in [0, 0.05) is 29.4 Å². The smallest absolute Gasteiger partial charge is 0.232 e. The predicted octanol–water partition coefficient (Wildman–Crippen LogP) is 3.53. The van der Waals surface area contributed by atoms with Crippen LogP contribution in [0.2, 0.25) is 0 Å². The molecule has 120 valence electrons. The summed E-state index contributed by atoms with van der Waals surface area (Å²) < 4.78 is 0. The highest BCUT2D eigenvalue weighted by Crippen LogP contribution is 2.44. The number of fused-ring (bicyclic) bond motifs is 1. The van der Waals surface area contributed by atoms with Gasteiger partial charge in [0.15, 0.2) is 0 Å². The average molecular weight is 327 g/mol. The zero-order valence-corrected chi connectivity index (χ0v) is 13.9. The molecule has 4 nitrogen and oxygen atoms in total. The monoisotopic (exact) mass is 327 g/mol. The summed E-state index contributed by atoms with van der Waals surface area (Å²) in [6, 6.07) is 8.00. The summed E-state index contributed by atoms with van der Waals surface area (Å²) in [4.78, 5) is 17.3. The van der Waals surface area contributed by atoms with Crippen molar-refractivity contribution < 1.29 is 4.79 Å². The number of rotatable bonds is 3. The first kappa shape index (κ1) is 14.8. The third-order valence-corrected chi connectivity index (χ3v) is 6.11. The topological polar surface area (TPSA) is 54.0 Å². The van der Waals surface area contributed by atoms with Crippen LogP contribution in [0.1, 0.15) is 25.7 Å². The van der Waals surface area contributed by atoms with Gasteiger partial charge in [0.1, 0.15) is 5.01 Å². The van der Waals surface area contributed by atoms with Crippen LogP contribution >= 0.6 is 11.3 Å². The van der Waals surface area contributed by atoms with E-state index in [1.165, 1.54) is 12.8 Å². The SMILES string of the molecule is O=C(Nc1cccc(-c2nccs2)c1)[C@@]12CCCC[C@H]1CNC2. The van der Waals surface area contributed by atoms with Gasteiger partial charge in [-0.2, -0.15) is 0 Å². The summed E-state index contributed by atoms with van der Waals surface area (Å²) in [5, 5.41) is 9.56. The number of hydrogen-bond donors (Lipinski definition) is 2. The normalized spacial score (nSPS) is 26.7. The number of carbonyl (C=O) groups is 1. The Bertz CT molecular complexity index is 700. The number of anilines is 1. The van der Waals surface area contributed by atoms with Crippen molar-refractivity contribution in [2.75, 3.05) is 18.4 Å². The fourth-order valence-electron chi connectivity index (χ4n) is 4.04. The minimum absolute atomic E-state index is 0.184. The molecule has 1 aromatic heterocycles. The van der Waals surface area contributed by atoms with Gasteiger partial charge in [-0.3, -0.25) is 4.79 Å². The van der Waals surface area contributed by atoms with E-state index in [1.54, 1.807) is 17.5 Å². The van der Waals surface area contributed by atoms with Crippen molar-refractivity contribution in [3.63, 3.8) is 0 Å². The van der Waals surface area contributed by atoms with Crippen LogP contribution in [0.4, 0.5) is 5.69 Å². The maximum atomic E-state index is 13.0. The van der Waals surface area contributed by atoms with E-state index < -0.39 is 0 Å². The fraction of sp³-hybridized carbons (Fsp3) is 0.444. The molecule has 2 N–H and O–H groups in total. The van der Waals surface area contributed by atoms with Gasteiger partial charge in [0.25, 0.3) is 0 Å². The fourth-order valence-corrected chi connectivity index (χ4v) is 4.68. The Morgan fingerprint density at radius 2 is 2.35 bits per heavy atom. The second-order valence-corrected chi connectivity index (χ2v) is 7.50. The van der Waals surface area contributed by atoms with Gasteiger partial charge < -0.3 is 10.6 Å². The van der Waals surface area contributed by atoms with Crippen molar-refractivity contribution in [2.24, 2.45) is 11.3 Å². The number of carbonyl (C=O) groups excluding carboxylic acids is 1. The Morgan fingerprint density at radius 3 is 3.22 bits per heavy atom. The van der Waals surface area contributed by atoms with E-state index in [0.717, 1.165) is 42.2 Å². The Balaban J connectivity index is 1.56. The van der Waals surface area contributed by atoms with Crippen LogP contribution < -0.4 is 10.6 Å². The zero-order valence-electron chi connectivity index (χ0n) is 13.0. The third kappa shape index (κ3) is 2.68. The molecule has 0 bridgehead atoms. The molecule has 2 aromatic rings. The number of nitrogens with one attached hydrogen (secondary N) is 2. The minimum Gasteiger partial charge on any atom is -0.326 e. The Morgan fingerprint density at radius 1 is 1.39 bits per heavy atom. The molecule has 1 aliphatic carbocycles. The molecule has 0 radical (unpaired) electrons. The van der Waals surface area contributed by atoms with Crippen molar-refractivity contribution in [3.05, 3.63) is 35.8 Å². The van der Waals surface area contributed by atoms with Gasteiger partial charge in [-0.1, -0.05) is 25.0 Å². The lowest BCUT2D eigenvalue weighted by Gasteiger charge is -2.37. The number of hydrogen-bond acceptors (Lipinski definition) is 4. The van der Waals surface area contributed by atoms with Crippen molar-refractivity contribution in [3.8, 4) is 10.6 Å². The van der Waals surface area contributed by atoms with Crippen LogP contribution in [-0.2, 0) is 4.79 Å². The summed E-state index contributed by atoms with van der Waals surface area (Å²) in [6.07, 6.45) is 6.38. The zero-order chi connectivity index (χ0) is 15.7. The largest absolute Gasteiger partial charge is 0.326 e. The van der Waals surface area contributed by atoms with E-state index in [4.69, 9.17) is 0 Å². The van der Waals surface area contributed by atoms with Gasteiger partial charge in [0.2, 0.25) is 5.91 Å². The van der Waals surface area contributed by atoms with E-state index in [2.05, 4.69) is 15.6 Å². The summed E-state index contributed by atoms with van der Waals surface area (Å²) in [5.41, 5.74) is 1.71. The van der Waals surface area contributed by atoms with E-state index in [-0.39, 0.29) is 11.3 Å². The Hall–Kier alpha value is -1.72. The molecule has 2 heterocycles. The van der Waals surface area contributed by atoms with E-state index >= 15 is 0 Å². The molecule has 4 rings (SSSR count). The molecule has 0 spiro atoms. The molecule has 1 aliphatic heterocycles. The first-order chi connectivity index (χ1) is 11.3. The number of amides is 1. The van der Waals surface area contributed by atoms with Crippen LogP contribution in [0.25, 0.3) is 10.6 Å². The standard InChI is InChI=1S/C18H21N3OS/c22-17(18-7-2-1-5-14(18)11-19-12-18)21-15-6-3-4-13(10-15)16-20-8-9-23-16/h3-4,6,8-10,14,19H,1-2,5,7,11-12H2,(H,21,22)/t14-,18+/m0/s1. The number of nitrogens with zero attached hydrogens (tertiary/aromatic N) is 1. The summed E-state index contributed by atoms with van der Waals surface area (Å²) >= 11 is 1.61. The summed E-state index contributed by atoms with van der Waals surface area (Å²) in [5.74, 6) is 0.668. The molecule has 1 saturated carbocycles. The quantitative estimate of drug-likeness (QED) is 0.907. The highest BCUT2D eigenvalue weighted by atomic mass is 32.1. The van der Waals surface area contributed by atoms with Crippen LogP contribution in [0, 0.1) is 11.3 Å². The average Bonchev–Trinajstić information content (AvgIpc) is 3.25. The second-order valence-electron chi connectivity index (χ2n) is 6.60. The molecule has 1 saturated heterocycles. The summed E-state index contributed by atoms with van der Waals surface area (Å²) in [6.45, 7) is 1.79. The number of thiazole rings is 1. The van der Waals surface area contributed by atoms with Crippen LogP contribution in [0.3, 0.4) is 0 Å². The molecule has 2 atom stereocenters. The predicted molar refractivity (Wildman–Crippen MR) is 93.4 cm³/mol. The number of aromatic nitrogens is 1. The van der Waals surface area contributed by atoms with E-state index in [1.807, 2.05) is 29.6 Å². The minimum atomic E-state index is -0.213. The molecule has 23 heavy (non-hydrogen) atoms. The van der Waals surface area contributed by atoms with Gasteiger partial charge in [-0.15, -0.1) is 11.3 Å². The van der Waals surface area contributed by atoms with Crippen LogP contribution in [0.15, 0.2) is 35.8 Å². The van der Waals surface area contributed by atoms with Crippen LogP contribution in [0.5, 0.6) is 0 Å². The van der Waals surface area contributed by atoms with E-state index in [9.17, 15) is 4.79 Å². The lowest BCUT2D eigenvalue weighted by Crippen LogP contribution is -2.44. The van der Waals surface area contributed by atoms with Crippen molar-refractivity contribution in [1.82, 2.24) is 10.3 Å². The van der Waals surface area contributed by atoms with Gasteiger partial charge in [-0.25, -0.2) is 4.98 Å². The first-order valence-corrected chi connectivity index (χ1v) is 9.18. The Kier molecular flexibility index (Phi) is 3.91. The number of benzene rings is 1. The molecule has 0 unspecified atom stereocenters. The van der Waals surface area contributed by atoms with E-state index in [0.29, 0.717) is 5.92 Å². The van der Waals surface area contributed by atoms with Crippen molar-refractivity contribution >= 4 is 22.9 Å². The second kappa shape index (κ2) is 6.06. The molecular formula is C18H21N3OS. The van der Waals surface area contributed by atoms with Gasteiger partial charge in [-0.05, 0) is 37.4 Å². The molecule has 2 fully saturated rings. The van der Waals surface area contributed by atoms with Crippen molar-refractivity contribution in [2.45, 2.75) is 25.7 Å². The molecular weight excluding hydrogens is 306 g/mol. The third-order valence-electron chi connectivity index (χ3n) is 5.29.